The van der Waals surface area contributed by atoms with Gasteiger partial charge in [-0.2, -0.15) is 0 Å². The fourth-order valence-corrected chi connectivity index (χ4v) is 3.57. The van der Waals surface area contributed by atoms with Crippen LogP contribution < -0.4 is 15.5 Å². The minimum Gasteiger partial charge on any atom is -0.355 e. The number of carbonyl (C=O) groups is 1. The van der Waals surface area contributed by atoms with E-state index in [1.165, 1.54) is 32.4 Å². The number of benzene rings is 1. The molecule has 2 aliphatic heterocycles. The molecule has 1 aromatic carbocycles. The zero-order valence-electron chi connectivity index (χ0n) is 15.5. The average molecular weight is 471 g/mol. The Morgan fingerprint density at radius 3 is 2.62 bits per heavy atom. The van der Waals surface area contributed by atoms with E-state index in [2.05, 4.69) is 20.5 Å². The van der Waals surface area contributed by atoms with E-state index in [9.17, 15) is 4.79 Å². The molecule has 2 saturated heterocycles. The lowest BCUT2D eigenvalue weighted by molar-refractivity contribution is -0.117. The summed E-state index contributed by atoms with van der Waals surface area (Å²) in [5, 5.41) is 6.77. The molecule has 0 aromatic heterocycles. The Kier molecular flexibility index (Phi) is 8.64. The number of likely N-dealkylation sites (tertiary alicyclic amines) is 1. The van der Waals surface area contributed by atoms with Crippen LogP contribution in [0.1, 0.15) is 25.7 Å². The van der Waals surface area contributed by atoms with Crippen LogP contribution in [0.25, 0.3) is 0 Å². The molecule has 3 rings (SSSR count). The second-order valence-corrected chi connectivity index (χ2v) is 6.79. The lowest BCUT2D eigenvalue weighted by Gasteiger charge is -2.27. The number of piperidine rings is 1. The largest absolute Gasteiger partial charge is 0.355 e. The molecule has 1 unspecified atom stereocenters. The molecular formula is C19H30IN5O. The van der Waals surface area contributed by atoms with Gasteiger partial charge in [0, 0.05) is 38.8 Å². The average Bonchev–Trinajstić information content (AvgIpc) is 3.02. The predicted octanol–water partition coefficient (Wildman–Crippen LogP) is 2.06. The topological polar surface area (TPSA) is 60.0 Å². The van der Waals surface area contributed by atoms with Gasteiger partial charge in [-0.05, 0) is 38.1 Å². The summed E-state index contributed by atoms with van der Waals surface area (Å²) in [7, 11) is 1.78. The number of para-hydroxylation sites is 1. The van der Waals surface area contributed by atoms with E-state index in [1.807, 2.05) is 35.2 Å². The molecule has 0 bridgehead atoms. The second kappa shape index (κ2) is 10.7. The third-order valence-corrected chi connectivity index (χ3v) is 4.93. The van der Waals surface area contributed by atoms with Crippen molar-refractivity contribution < 1.29 is 4.79 Å². The summed E-state index contributed by atoms with van der Waals surface area (Å²) in [6.07, 6.45) is 4.49. The summed E-state index contributed by atoms with van der Waals surface area (Å²) in [5.41, 5.74) is 0.963. The number of halogens is 1. The van der Waals surface area contributed by atoms with Crippen LogP contribution in [0.3, 0.4) is 0 Å². The van der Waals surface area contributed by atoms with Crippen LogP contribution in [0, 0.1) is 0 Å². The van der Waals surface area contributed by atoms with Crippen LogP contribution in [-0.2, 0) is 4.79 Å². The normalized spacial score (nSPS) is 21.4. The van der Waals surface area contributed by atoms with E-state index in [1.54, 1.807) is 7.05 Å². The number of nitrogens with zero attached hydrogens (tertiary/aromatic N) is 3. The van der Waals surface area contributed by atoms with E-state index in [0.29, 0.717) is 13.0 Å². The van der Waals surface area contributed by atoms with Crippen LogP contribution in [0.5, 0.6) is 0 Å². The maximum absolute atomic E-state index is 12.3. The van der Waals surface area contributed by atoms with Crippen molar-refractivity contribution in [3.05, 3.63) is 30.3 Å². The smallest absolute Gasteiger partial charge is 0.229 e. The van der Waals surface area contributed by atoms with Crippen molar-refractivity contribution in [3.63, 3.8) is 0 Å². The molecule has 1 aromatic rings. The Labute approximate surface area is 173 Å². The highest BCUT2D eigenvalue weighted by Gasteiger charge is 2.31. The maximum atomic E-state index is 12.3. The number of hydrogen-bond acceptors (Lipinski definition) is 3. The quantitative estimate of drug-likeness (QED) is 0.392. The van der Waals surface area contributed by atoms with Crippen molar-refractivity contribution in [1.29, 1.82) is 0 Å². The lowest BCUT2D eigenvalue weighted by atomic mass is 10.1. The molecule has 7 heteroatoms. The van der Waals surface area contributed by atoms with Gasteiger partial charge in [-0.15, -0.1) is 24.0 Å². The number of hydrogen-bond donors (Lipinski definition) is 2. The Balaban J connectivity index is 0.00000243. The van der Waals surface area contributed by atoms with Gasteiger partial charge in [0.05, 0.1) is 6.04 Å². The highest BCUT2D eigenvalue weighted by Crippen LogP contribution is 2.20. The van der Waals surface area contributed by atoms with Gasteiger partial charge in [0.15, 0.2) is 5.96 Å². The first-order valence-electron chi connectivity index (χ1n) is 9.31. The predicted molar refractivity (Wildman–Crippen MR) is 117 cm³/mol. The van der Waals surface area contributed by atoms with E-state index in [-0.39, 0.29) is 35.9 Å². The van der Waals surface area contributed by atoms with E-state index >= 15 is 0 Å². The van der Waals surface area contributed by atoms with Gasteiger partial charge >= 0.3 is 0 Å². The van der Waals surface area contributed by atoms with Gasteiger partial charge in [0.1, 0.15) is 0 Å². The number of amides is 1. The highest BCUT2D eigenvalue weighted by atomic mass is 127. The number of nitrogens with one attached hydrogen (secondary N) is 2. The van der Waals surface area contributed by atoms with Gasteiger partial charge in [-0.1, -0.05) is 24.6 Å². The number of aliphatic imine (C=N–C) groups is 1. The van der Waals surface area contributed by atoms with E-state index in [0.717, 1.165) is 24.7 Å². The van der Waals surface area contributed by atoms with Gasteiger partial charge in [0.25, 0.3) is 0 Å². The van der Waals surface area contributed by atoms with E-state index < -0.39 is 0 Å². The molecule has 26 heavy (non-hydrogen) atoms. The minimum atomic E-state index is 0. The monoisotopic (exact) mass is 471 g/mol. The molecule has 144 valence electrons. The second-order valence-electron chi connectivity index (χ2n) is 6.79. The zero-order valence-corrected chi connectivity index (χ0v) is 17.8. The fourth-order valence-electron chi connectivity index (χ4n) is 3.57. The third kappa shape index (κ3) is 5.84. The van der Waals surface area contributed by atoms with Crippen molar-refractivity contribution >= 4 is 41.5 Å². The first-order valence-corrected chi connectivity index (χ1v) is 9.31. The zero-order chi connectivity index (χ0) is 17.5. The summed E-state index contributed by atoms with van der Waals surface area (Å²) in [6, 6.07) is 9.94. The number of guanidine groups is 1. The fraction of sp³-hybridized carbons (Fsp3) is 0.579. The molecule has 0 aliphatic carbocycles. The molecule has 2 fully saturated rings. The van der Waals surface area contributed by atoms with Crippen LogP contribution in [-0.4, -0.2) is 62.6 Å². The SMILES string of the molecule is CN=C(NCCN1CCCCC1)NC1CC(=O)N(c2ccccc2)C1.I. The maximum Gasteiger partial charge on any atom is 0.229 e. The third-order valence-electron chi connectivity index (χ3n) is 4.93. The van der Waals surface area contributed by atoms with Gasteiger partial charge in [0.2, 0.25) is 5.91 Å². The molecule has 2 N–H and O–H groups in total. The van der Waals surface area contributed by atoms with Crippen molar-refractivity contribution in [2.75, 3.05) is 44.7 Å². The molecule has 1 atom stereocenters. The molecule has 6 nitrogen and oxygen atoms in total. The number of anilines is 1. The molecule has 0 radical (unpaired) electrons. The van der Waals surface area contributed by atoms with Gasteiger partial charge in [-0.25, -0.2) is 0 Å². The van der Waals surface area contributed by atoms with Crippen molar-refractivity contribution in [2.24, 2.45) is 4.99 Å². The molecular weight excluding hydrogens is 441 g/mol. The lowest BCUT2D eigenvalue weighted by Crippen LogP contribution is -2.47. The van der Waals surface area contributed by atoms with Gasteiger partial charge < -0.3 is 20.4 Å². The van der Waals surface area contributed by atoms with Crippen LogP contribution in [0.4, 0.5) is 5.69 Å². The standard InChI is InChI=1S/C19H29N5O.HI/c1-20-19(21-10-13-23-11-6-3-7-12-23)22-16-14-18(25)24(15-16)17-8-4-2-5-9-17;/h2,4-5,8-9,16H,3,6-7,10-15H2,1H3,(H2,20,21,22);1H. The van der Waals surface area contributed by atoms with Crippen molar-refractivity contribution in [3.8, 4) is 0 Å². The molecule has 1 amide bonds. The minimum absolute atomic E-state index is 0. The Hall–Kier alpha value is -1.35. The van der Waals surface area contributed by atoms with Crippen LogP contribution in [0.15, 0.2) is 35.3 Å². The summed E-state index contributed by atoms with van der Waals surface area (Å²) < 4.78 is 0. The first kappa shape index (κ1) is 21.0. The van der Waals surface area contributed by atoms with E-state index in [4.69, 9.17) is 0 Å². The summed E-state index contributed by atoms with van der Waals surface area (Å²) in [4.78, 5) is 20.9. The first-order chi connectivity index (χ1) is 12.3. The number of rotatable bonds is 5. The summed E-state index contributed by atoms with van der Waals surface area (Å²) in [6.45, 7) is 5.01. The van der Waals surface area contributed by atoms with Crippen molar-refractivity contribution in [2.45, 2.75) is 31.7 Å². The number of carbonyl (C=O) groups excluding carboxylic acids is 1. The Morgan fingerprint density at radius 2 is 1.92 bits per heavy atom. The molecule has 0 spiro atoms. The molecule has 0 saturated carbocycles. The summed E-state index contributed by atoms with van der Waals surface area (Å²) >= 11 is 0. The van der Waals surface area contributed by atoms with Crippen LogP contribution >= 0.6 is 24.0 Å². The van der Waals surface area contributed by atoms with Crippen molar-refractivity contribution in [1.82, 2.24) is 15.5 Å². The highest BCUT2D eigenvalue weighted by molar-refractivity contribution is 14.0. The molecule has 2 heterocycles. The summed E-state index contributed by atoms with van der Waals surface area (Å²) in [5.74, 6) is 0.942. The van der Waals surface area contributed by atoms with Gasteiger partial charge in [-0.3, -0.25) is 9.79 Å². The van der Waals surface area contributed by atoms with Crippen LogP contribution in [0.2, 0.25) is 0 Å². The Bertz CT molecular complexity index is 589. The molecule has 2 aliphatic rings. The Morgan fingerprint density at radius 1 is 1.19 bits per heavy atom.